The second kappa shape index (κ2) is 9.44. The van der Waals surface area contributed by atoms with Gasteiger partial charge in [-0.1, -0.05) is 12.2 Å². The number of aromatic nitrogens is 2. The van der Waals surface area contributed by atoms with Crippen molar-refractivity contribution >= 4 is 28.8 Å². The largest absolute Gasteiger partial charge is 0.416 e. The fourth-order valence-corrected chi connectivity index (χ4v) is 4.09. The third-order valence-corrected chi connectivity index (χ3v) is 6.26. The van der Waals surface area contributed by atoms with Crippen LogP contribution in [0.15, 0.2) is 35.6 Å². The van der Waals surface area contributed by atoms with Crippen molar-refractivity contribution in [3.63, 3.8) is 0 Å². The third kappa shape index (κ3) is 5.29. The van der Waals surface area contributed by atoms with Crippen molar-refractivity contribution in [1.29, 1.82) is 0 Å². The summed E-state index contributed by atoms with van der Waals surface area (Å²) in [7, 11) is 0. The van der Waals surface area contributed by atoms with Crippen molar-refractivity contribution in [2.75, 3.05) is 13.2 Å². The molecule has 17 heteroatoms. The first-order valence-corrected chi connectivity index (χ1v) is 10.9. The molecule has 1 fully saturated rings. The molecule has 38 heavy (non-hydrogen) atoms. The lowest BCUT2D eigenvalue weighted by Crippen LogP contribution is -2.44. The van der Waals surface area contributed by atoms with E-state index in [0.29, 0.717) is 0 Å². The summed E-state index contributed by atoms with van der Waals surface area (Å²) in [6.45, 7) is -1.20. The van der Waals surface area contributed by atoms with Crippen molar-refractivity contribution in [3.8, 4) is 0 Å². The second-order valence-corrected chi connectivity index (χ2v) is 8.82. The summed E-state index contributed by atoms with van der Waals surface area (Å²) in [6.07, 6.45) is -14.8. The van der Waals surface area contributed by atoms with Gasteiger partial charge in [-0.05, 0) is 23.8 Å². The van der Waals surface area contributed by atoms with Crippen LogP contribution in [-0.4, -0.2) is 51.9 Å². The zero-order valence-corrected chi connectivity index (χ0v) is 19.4. The van der Waals surface area contributed by atoms with Gasteiger partial charge in [0.25, 0.3) is 5.91 Å². The molecule has 2 aliphatic heterocycles. The van der Waals surface area contributed by atoms with Crippen molar-refractivity contribution in [3.05, 3.63) is 58.7 Å². The lowest BCUT2D eigenvalue weighted by atomic mass is 9.76. The number of nitrogens with one attached hydrogen (secondary N) is 2. The van der Waals surface area contributed by atoms with Gasteiger partial charge >= 0.3 is 18.5 Å². The Morgan fingerprint density at radius 3 is 2.05 bits per heavy atom. The lowest BCUT2D eigenvalue weighted by Gasteiger charge is -2.32. The number of hydrogen-bond donors (Lipinski definition) is 2. The number of aliphatic imine (C=N–C) groups is 1. The molecule has 2 unspecified atom stereocenters. The zero-order chi connectivity index (χ0) is 28.1. The molecule has 2 aromatic rings. The summed E-state index contributed by atoms with van der Waals surface area (Å²) in [5, 5.41) is 2.67. The van der Waals surface area contributed by atoms with E-state index < -0.39 is 65.5 Å². The Kier molecular flexibility index (Phi) is 6.88. The number of alkyl halides is 9. The van der Waals surface area contributed by atoms with Crippen LogP contribution in [0.2, 0.25) is 0 Å². The molecule has 4 rings (SSSR count). The van der Waals surface area contributed by atoms with E-state index in [2.05, 4.69) is 25.8 Å². The fraction of sp³-hybridized carbons (Fsp3) is 0.381. The van der Waals surface area contributed by atoms with Crippen molar-refractivity contribution in [2.24, 2.45) is 4.99 Å². The number of carbonyl (C=O) groups is 1. The normalized spacial score (nSPS) is 22.3. The predicted octanol–water partition coefficient (Wildman–Crippen LogP) is 3.90. The maximum atomic E-state index is 14.3. The molecule has 2 N–H and O–H groups in total. The highest BCUT2D eigenvalue weighted by atomic mass is 32.1. The highest BCUT2D eigenvalue weighted by Crippen LogP contribution is 2.49. The van der Waals surface area contributed by atoms with E-state index in [1.165, 1.54) is 0 Å². The Balaban J connectivity index is 1.64. The van der Waals surface area contributed by atoms with Gasteiger partial charge in [-0.25, -0.2) is 15.4 Å². The van der Waals surface area contributed by atoms with E-state index >= 15 is 0 Å². The maximum Gasteiger partial charge on any atom is 0.416 e. The first-order chi connectivity index (χ1) is 17.5. The highest BCUT2D eigenvalue weighted by molar-refractivity contribution is 7.80. The number of benzene rings is 1. The number of rotatable bonds is 4. The van der Waals surface area contributed by atoms with Crippen LogP contribution in [0, 0.1) is 0 Å². The Hall–Kier alpha value is -3.34. The summed E-state index contributed by atoms with van der Waals surface area (Å²) in [5.74, 6) is -0.815. The minimum absolute atomic E-state index is 0.0174. The van der Waals surface area contributed by atoms with E-state index in [1.807, 2.05) is 0 Å². The topological polar surface area (TPSA) is 88.5 Å². The van der Waals surface area contributed by atoms with Gasteiger partial charge in [0.15, 0.2) is 5.82 Å². The molecule has 2 atom stereocenters. The van der Waals surface area contributed by atoms with Crippen LogP contribution in [0.25, 0.3) is 0 Å². The maximum absolute atomic E-state index is 14.3. The quantitative estimate of drug-likeness (QED) is 0.428. The minimum atomic E-state index is -5.33. The van der Waals surface area contributed by atoms with E-state index in [0.717, 1.165) is 12.4 Å². The lowest BCUT2D eigenvalue weighted by molar-refractivity contribution is -0.184. The monoisotopic (exact) mass is 571 g/mol. The molecule has 1 aromatic carbocycles. The van der Waals surface area contributed by atoms with Crippen LogP contribution in [0.4, 0.5) is 39.5 Å². The molecule has 0 spiro atoms. The highest BCUT2D eigenvalue weighted by Gasteiger charge is 2.59. The van der Waals surface area contributed by atoms with E-state index in [9.17, 15) is 44.3 Å². The molecule has 204 valence electrons. The molecule has 1 saturated heterocycles. The van der Waals surface area contributed by atoms with Gasteiger partial charge in [-0.15, -0.1) is 0 Å². The number of hydroxylamine groups is 1. The van der Waals surface area contributed by atoms with Crippen LogP contribution in [-0.2, 0) is 27.4 Å². The number of carbonyl (C=O) groups excluding carboxylic acids is 1. The Morgan fingerprint density at radius 1 is 1.00 bits per heavy atom. The molecule has 7 nitrogen and oxygen atoms in total. The van der Waals surface area contributed by atoms with Crippen LogP contribution in [0.5, 0.6) is 0 Å². The SMILES string of the molecule is O=C1NOCC1NC(=S)c1cnc(C2=NCC(c3cc(C(F)(F)F)cc(C(F)(F)F)c3)(C(F)(F)F)C2)nc1. The second-order valence-electron chi connectivity index (χ2n) is 8.41. The molecule has 3 heterocycles. The van der Waals surface area contributed by atoms with Crippen molar-refractivity contribution in [2.45, 2.75) is 36.4 Å². The van der Waals surface area contributed by atoms with Gasteiger partial charge in [0.2, 0.25) is 0 Å². The molecule has 0 bridgehead atoms. The van der Waals surface area contributed by atoms with Gasteiger partial charge in [0.1, 0.15) is 23.1 Å². The van der Waals surface area contributed by atoms with E-state index in [-0.39, 0.29) is 46.9 Å². The molecule has 0 radical (unpaired) electrons. The minimum Gasteiger partial charge on any atom is -0.362 e. The van der Waals surface area contributed by atoms with Crippen LogP contribution < -0.4 is 10.8 Å². The molecular formula is C21H14F9N5O2S. The van der Waals surface area contributed by atoms with Gasteiger partial charge < -0.3 is 5.32 Å². The average molecular weight is 571 g/mol. The summed E-state index contributed by atoms with van der Waals surface area (Å²) in [5.41, 5.74) is -6.25. The molecule has 0 aliphatic carbocycles. The van der Waals surface area contributed by atoms with Crippen LogP contribution >= 0.6 is 12.2 Å². The third-order valence-electron chi connectivity index (χ3n) is 5.91. The van der Waals surface area contributed by atoms with Crippen LogP contribution in [0.1, 0.15) is 34.5 Å². The number of hydrogen-bond acceptors (Lipinski definition) is 6. The molecule has 1 amide bonds. The Bertz CT molecular complexity index is 1260. The Labute approximate surface area is 212 Å². The average Bonchev–Trinajstić information content (AvgIpc) is 3.45. The predicted molar refractivity (Wildman–Crippen MR) is 115 cm³/mol. The van der Waals surface area contributed by atoms with Crippen molar-refractivity contribution in [1.82, 2.24) is 20.8 Å². The molecule has 1 aromatic heterocycles. The first kappa shape index (κ1) is 27.7. The first-order valence-electron chi connectivity index (χ1n) is 10.5. The van der Waals surface area contributed by atoms with E-state index in [4.69, 9.17) is 17.1 Å². The number of nitrogens with zero attached hydrogens (tertiary/aromatic N) is 3. The van der Waals surface area contributed by atoms with Crippen molar-refractivity contribution < 1.29 is 49.1 Å². The van der Waals surface area contributed by atoms with Gasteiger partial charge in [-0.3, -0.25) is 14.6 Å². The standard InChI is InChI=1S/C21H14F9N5O2S/c22-19(23,24)11-1-10(2-12(3-11)20(25,26)27)18(21(28,29)30)4-13(33-8-18)15-31-5-9(6-32-15)17(38)34-14-7-37-35-16(14)36/h1-3,5-6,14H,4,7-8H2,(H,34,38)(H,35,36). The molecule has 2 aliphatic rings. The Morgan fingerprint density at radius 2 is 1.58 bits per heavy atom. The zero-order valence-electron chi connectivity index (χ0n) is 18.6. The van der Waals surface area contributed by atoms with Gasteiger partial charge in [0, 0.05) is 24.4 Å². The summed E-state index contributed by atoms with van der Waals surface area (Å²) in [4.78, 5) is 27.9. The van der Waals surface area contributed by atoms with E-state index in [1.54, 1.807) is 0 Å². The van der Waals surface area contributed by atoms with Gasteiger partial charge in [-0.2, -0.15) is 39.5 Å². The van der Waals surface area contributed by atoms with Crippen LogP contribution in [0.3, 0.4) is 0 Å². The van der Waals surface area contributed by atoms with Gasteiger partial charge in [0.05, 0.1) is 23.4 Å². The summed E-state index contributed by atoms with van der Waals surface area (Å²) < 4.78 is 123. The number of thiocarbonyl (C=S) groups is 1. The molecular weight excluding hydrogens is 557 g/mol. The summed E-state index contributed by atoms with van der Waals surface area (Å²) >= 11 is 5.13. The molecule has 0 saturated carbocycles. The number of halogens is 9. The smallest absolute Gasteiger partial charge is 0.362 e. The fourth-order valence-electron chi connectivity index (χ4n) is 3.84. The number of amides is 1. The summed E-state index contributed by atoms with van der Waals surface area (Å²) in [6, 6.07) is -0.941.